The molecule has 1 heterocycles. The van der Waals surface area contributed by atoms with E-state index >= 15 is 0 Å². The van der Waals surface area contributed by atoms with Gasteiger partial charge < -0.3 is 20.1 Å². The molecule has 1 aromatic rings. The van der Waals surface area contributed by atoms with E-state index in [4.69, 9.17) is 20.1 Å². The fourth-order valence-corrected chi connectivity index (χ4v) is 0.872. The summed E-state index contributed by atoms with van der Waals surface area (Å²) in [6, 6.07) is 0. The highest BCUT2D eigenvalue weighted by Crippen LogP contribution is 2.19. The fourth-order valence-electron chi connectivity index (χ4n) is 0.872. The minimum absolute atomic E-state index is 0.0269. The Morgan fingerprint density at radius 2 is 2.46 bits per heavy atom. The van der Waals surface area contributed by atoms with Crippen LogP contribution < -0.4 is 10.5 Å². The molecule has 0 fully saturated rings. The molecule has 0 aliphatic carbocycles. The first-order chi connectivity index (χ1) is 6.16. The van der Waals surface area contributed by atoms with Crippen molar-refractivity contribution in [3.05, 3.63) is 11.3 Å². The van der Waals surface area contributed by atoms with Gasteiger partial charge in [-0.05, 0) is 12.1 Å². The van der Waals surface area contributed by atoms with Crippen LogP contribution in [-0.2, 0) is 0 Å². The minimum Gasteiger partial charge on any atom is -0.472 e. The molecule has 0 radical (unpaired) electrons. The number of ether oxygens (including phenoxy) is 1. The maximum atomic E-state index is 10.8. The summed E-state index contributed by atoms with van der Waals surface area (Å²) in [5.41, 5.74) is 5.17. The molecule has 0 atom stereocenters. The predicted octanol–water partition coefficient (Wildman–Crippen LogP) is -0.547. The monoisotopic (exact) mass is 186 g/mol. The Kier molecular flexibility index (Phi) is 2.86. The predicted molar refractivity (Wildman–Crippen MR) is 42.3 cm³/mol. The molecular weight excluding hydrogens is 176 g/mol. The van der Waals surface area contributed by atoms with Crippen molar-refractivity contribution in [2.24, 2.45) is 5.73 Å². The van der Waals surface area contributed by atoms with Gasteiger partial charge in [0.2, 0.25) is 0 Å². The highest BCUT2D eigenvalue weighted by atomic mass is 16.5. The molecule has 72 valence electrons. The second kappa shape index (κ2) is 3.90. The lowest BCUT2D eigenvalue weighted by Crippen LogP contribution is -2.14. The molecule has 6 nitrogen and oxygen atoms in total. The number of aryl methyl sites for hydroxylation is 1. The maximum Gasteiger partial charge on any atom is 0.267 e. The van der Waals surface area contributed by atoms with Gasteiger partial charge in [-0.3, -0.25) is 4.79 Å². The number of carbonyl (C=O) groups is 1. The van der Waals surface area contributed by atoms with E-state index in [0.29, 0.717) is 5.76 Å². The number of primary amides is 1. The smallest absolute Gasteiger partial charge is 0.267 e. The van der Waals surface area contributed by atoms with Gasteiger partial charge in [0.25, 0.3) is 11.8 Å². The van der Waals surface area contributed by atoms with Gasteiger partial charge in [0.15, 0.2) is 5.76 Å². The second-order valence-electron chi connectivity index (χ2n) is 2.36. The fraction of sp³-hybridized carbons (Fsp3) is 0.429. The molecule has 0 aromatic carbocycles. The average molecular weight is 186 g/mol. The summed E-state index contributed by atoms with van der Waals surface area (Å²) in [6.07, 6.45) is 0. The number of carbonyl (C=O) groups excluding carboxylic acids is 1. The van der Waals surface area contributed by atoms with E-state index < -0.39 is 5.91 Å². The summed E-state index contributed by atoms with van der Waals surface area (Å²) in [4.78, 5) is 10.8. The van der Waals surface area contributed by atoms with Crippen molar-refractivity contribution in [3.63, 3.8) is 0 Å². The molecule has 0 aliphatic heterocycles. The molecule has 1 amide bonds. The van der Waals surface area contributed by atoms with Crippen molar-refractivity contribution in [2.75, 3.05) is 13.2 Å². The highest BCUT2D eigenvalue weighted by Gasteiger charge is 2.18. The van der Waals surface area contributed by atoms with E-state index in [1.54, 1.807) is 6.92 Å². The lowest BCUT2D eigenvalue weighted by molar-refractivity contribution is 0.0993. The molecule has 3 N–H and O–H groups in total. The normalized spacial score (nSPS) is 10.0. The van der Waals surface area contributed by atoms with Gasteiger partial charge in [-0.15, -0.1) is 0 Å². The summed E-state index contributed by atoms with van der Waals surface area (Å²) in [6.45, 7) is 1.44. The molecular formula is C7H10N2O4. The van der Waals surface area contributed by atoms with Crippen LogP contribution in [0.2, 0.25) is 0 Å². The quantitative estimate of drug-likeness (QED) is 0.657. The number of hydrogen-bond acceptors (Lipinski definition) is 5. The second-order valence-corrected chi connectivity index (χ2v) is 2.36. The van der Waals surface area contributed by atoms with E-state index in [1.165, 1.54) is 0 Å². The summed E-state index contributed by atoms with van der Waals surface area (Å²) in [5.74, 6) is -0.328. The number of rotatable bonds is 4. The molecule has 0 saturated carbocycles. The van der Waals surface area contributed by atoms with Crippen molar-refractivity contribution >= 4 is 5.91 Å². The van der Waals surface area contributed by atoms with Crippen LogP contribution in [0.15, 0.2) is 4.52 Å². The highest BCUT2D eigenvalue weighted by molar-refractivity contribution is 5.95. The summed E-state index contributed by atoms with van der Waals surface area (Å²) in [7, 11) is 0. The van der Waals surface area contributed by atoms with Crippen molar-refractivity contribution in [3.8, 4) is 5.88 Å². The maximum absolute atomic E-state index is 10.8. The van der Waals surface area contributed by atoms with Crippen molar-refractivity contribution in [1.29, 1.82) is 0 Å². The zero-order valence-electron chi connectivity index (χ0n) is 7.11. The van der Waals surface area contributed by atoms with E-state index in [-0.39, 0.29) is 24.7 Å². The topological polar surface area (TPSA) is 98.6 Å². The third kappa shape index (κ3) is 1.97. The van der Waals surface area contributed by atoms with Crippen molar-refractivity contribution < 1.29 is 19.2 Å². The number of amides is 1. The zero-order chi connectivity index (χ0) is 9.84. The summed E-state index contributed by atoms with van der Waals surface area (Å²) >= 11 is 0. The van der Waals surface area contributed by atoms with Gasteiger partial charge in [-0.2, -0.15) is 0 Å². The van der Waals surface area contributed by atoms with Gasteiger partial charge >= 0.3 is 0 Å². The van der Waals surface area contributed by atoms with Gasteiger partial charge in [0.1, 0.15) is 12.2 Å². The van der Waals surface area contributed by atoms with Crippen LogP contribution in [0, 0.1) is 6.92 Å². The molecule has 0 aliphatic rings. The van der Waals surface area contributed by atoms with Crippen LogP contribution >= 0.6 is 0 Å². The number of hydrogen-bond donors (Lipinski definition) is 2. The van der Waals surface area contributed by atoms with Crippen molar-refractivity contribution in [2.45, 2.75) is 6.92 Å². The van der Waals surface area contributed by atoms with Gasteiger partial charge in [-0.1, -0.05) is 0 Å². The molecule has 1 rings (SSSR count). The zero-order valence-corrected chi connectivity index (χ0v) is 7.11. The molecule has 0 spiro atoms. The number of aromatic nitrogens is 1. The van der Waals surface area contributed by atoms with Crippen LogP contribution in [0.3, 0.4) is 0 Å². The average Bonchev–Trinajstić information content (AvgIpc) is 2.43. The molecule has 6 heteroatoms. The Morgan fingerprint density at radius 3 is 3.00 bits per heavy atom. The first-order valence-corrected chi connectivity index (χ1v) is 3.66. The van der Waals surface area contributed by atoms with Gasteiger partial charge in [0.05, 0.1) is 6.61 Å². The molecule has 0 saturated heterocycles. The summed E-state index contributed by atoms with van der Waals surface area (Å²) < 4.78 is 9.61. The number of aliphatic hydroxyl groups is 1. The van der Waals surface area contributed by atoms with Crippen LogP contribution in [0.1, 0.15) is 16.1 Å². The van der Waals surface area contributed by atoms with E-state index in [9.17, 15) is 4.79 Å². The van der Waals surface area contributed by atoms with Crippen LogP contribution in [0.5, 0.6) is 5.88 Å². The van der Waals surface area contributed by atoms with E-state index in [0.717, 1.165) is 0 Å². The molecule has 0 bridgehead atoms. The Balaban J connectivity index is 2.87. The minimum atomic E-state index is -0.660. The Hall–Kier alpha value is -1.56. The Labute approximate surface area is 74.3 Å². The lowest BCUT2D eigenvalue weighted by atomic mass is 10.2. The number of aliphatic hydroxyl groups excluding tert-OH is 1. The molecule has 0 unspecified atom stereocenters. The SMILES string of the molecule is Cc1onc(OCCO)c1C(N)=O. The summed E-state index contributed by atoms with van der Waals surface area (Å²) in [5, 5.41) is 11.9. The van der Waals surface area contributed by atoms with Crippen LogP contribution in [-0.4, -0.2) is 29.4 Å². The Bertz CT molecular complexity index is 307. The number of nitrogens with zero attached hydrogens (tertiary/aromatic N) is 1. The molecule has 1 aromatic heterocycles. The third-order valence-electron chi connectivity index (χ3n) is 1.41. The van der Waals surface area contributed by atoms with Crippen LogP contribution in [0.25, 0.3) is 0 Å². The van der Waals surface area contributed by atoms with E-state index in [1.807, 2.05) is 0 Å². The van der Waals surface area contributed by atoms with Gasteiger partial charge in [-0.25, -0.2) is 0 Å². The van der Waals surface area contributed by atoms with Crippen LogP contribution in [0.4, 0.5) is 0 Å². The van der Waals surface area contributed by atoms with E-state index in [2.05, 4.69) is 5.16 Å². The number of nitrogens with two attached hydrogens (primary N) is 1. The van der Waals surface area contributed by atoms with Crippen molar-refractivity contribution in [1.82, 2.24) is 5.16 Å². The first kappa shape index (κ1) is 9.53. The Morgan fingerprint density at radius 1 is 1.77 bits per heavy atom. The standard InChI is InChI=1S/C7H10N2O4/c1-4-5(6(8)11)7(9-13-4)12-3-2-10/h10H,2-3H2,1H3,(H2,8,11). The lowest BCUT2D eigenvalue weighted by Gasteiger charge is -1.99. The largest absolute Gasteiger partial charge is 0.472 e. The van der Waals surface area contributed by atoms with Gasteiger partial charge in [0, 0.05) is 0 Å². The first-order valence-electron chi connectivity index (χ1n) is 3.66. The molecule has 13 heavy (non-hydrogen) atoms. The third-order valence-corrected chi connectivity index (χ3v) is 1.41.